The highest BCUT2D eigenvalue weighted by Crippen LogP contribution is 2.44. The second kappa shape index (κ2) is 21.2. The molecule has 5 aliphatic rings. The van der Waals surface area contributed by atoms with Gasteiger partial charge in [-0.3, -0.25) is 29.3 Å². The van der Waals surface area contributed by atoms with Gasteiger partial charge in [-0.15, -0.1) is 5.10 Å². The maximum absolute atomic E-state index is 13.0. The van der Waals surface area contributed by atoms with Gasteiger partial charge in [-0.1, -0.05) is 55.6 Å². The van der Waals surface area contributed by atoms with Crippen LogP contribution in [0.2, 0.25) is 0 Å². The normalized spacial score (nSPS) is 22.9. The van der Waals surface area contributed by atoms with Crippen molar-refractivity contribution in [3.05, 3.63) is 95.1 Å². The molecule has 17 heteroatoms. The molecule has 2 bridgehead atoms. The molecule has 3 atom stereocenters. The Labute approximate surface area is 402 Å². The number of hydrogen-bond acceptors (Lipinski definition) is 13. The lowest BCUT2D eigenvalue weighted by Gasteiger charge is -2.43. The number of benzene rings is 2. The molecule has 4 aromatic rings. The van der Waals surface area contributed by atoms with Gasteiger partial charge in [-0.2, -0.15) is 5.10 Å². The summed E-state index contributed by atoms with van der Waals surface area (Å²) in [6.45, 7) is 7.72. The molecule has 4 fully saturated rings. The van der Waals surface area contributed by atoms with Crippen LogP contribution < -0.4 is 26.6 Å². The smallest absolute Gasteiger partial charge is 0.272 e. The Kier molecular flexibility index (Phi) is 14.8. The number of unbranched alkanes of at least 4 members (excludes halogenated alkanes) is 5. The van der Waals surface area contributed by atoms with E-state index >= 15 is 0 Å². The van der Waals surface area contributed by atoms with Crippen molar-refractivity contribution >= 4 is 52.8 Å². The molecule has 16 nitrogen and oxygen atoms in total. The number of nitrogens with two attached hydrogens (primary N) is 1. The van der Waals surface area contributed by atoms with Crippen LogP contribution in [0.25, 0.3) is 0 Å². The summed E-state index contributed by atoms with van der Waals surface area (Å²) in [6, 6.07) is 16.3. The second-order valence-electron chi connectivity index (χ2n) is 19.5. The van der Waals surface area contributed by atoms with E-state index in [9.17, 15) is 24.0 Å². The van der Waals surface area contributed by atoms with Crippen LogP contribution >= 0.6 is 11.8 Å². The number of imide groups is 1. The van der Waals surface area contributed by atoms with Crippen LogP contribution in [-0.2, 0) is 27.5 Å². The first kappa shape index (κ1) is 47.3. The summed E-state index contributed by atoms with van der Waals surface area (Å²) in [7, 11) is 0. The predicted molar refractivity (Wildman–Crippen MR) is 259 cm³/mol. The third-order valence-electron chi connectivity index (χ3n) is 14.9. The molecule has 5 amide bonds. The van der Waals surface area contributed by atoms with E-state index in [0.717, 1.165) is 109 Å². The van der Waals surface area contributed by atoms with Gasteiger partial charge in [0.15, 0.2) is 5.69 Å². The Balaban J connectivity index is 0.610. The Hall–Kier alpha value is -5.78. The predicted octanol–water partition coefficient (Wildman–Crippen LogP) is 6.22. The summed E-state index contributed by atoms with van der Waals surface area (Å²) in [4.78, 5) is 79.6. The number of nitrogens with one attached hydrogen (secondary N) is 3. The Morgan fingerprint density at radius 2 is 1.65 bits per heavy atom. The largest absolute Gasteiger partial charge is 0.355 e. The van der Waals surface area contributed by atoms with E-state index in [1.165, 1.54) is 30.6 Å². The van der Waals surface area contributed by atoms with Crippen LogP contribution in [0.3, 0.4) is 0 Å². The second-order valence-corrected chi connectivity index (χ2v) is 20.6. The van der Waals surface area contributed by atoms with E-state index in [1.54, 1.807) is 30.0 Å². The average molecular weight is 942 g/mol. The minimum absolute atomic E-state index is 0.0451. The van der Waals surface area contributed by atoms with E-state index in [4.69, 9.17) is 15.7 Å². The van der Waals surface area contributed by atoms with Gasteiger partial charge in [0.25, 0.3) is 11.8 Å². The van der Waals surface area contributed by atoms with Crippen molar-refractivity contribution in [1.29, 1.82) is 0 Å². The number of piperidine rings is 3. The number of amides is 5. The summed E-state index contributed by atoms with van der Waals surface area (Å²) in [5.41, 5.74) is 10.7. The third-order valence-corrected chi connectivity index (χ3v) is 15.8. The Bertz CT molecular complexity index is 2460. The van der Waals surface area contributed by atoms with E-state index in [-0.39, 0.29) is 54.4 Å². The zero-order valence-electron chi connectivity index (χ0n) is 39.0. The SMILES string of the molecule is CC1(N)C2CCC1CN(c1cnc(Sc3cccc(NC(=O)CCCCCCCCN4CCC(c5ccc(C(=O)NCc6ccc7c(c6)CN(C6CCC(=O)NC6=O)C7=O)nn5)CC4)c3)cn1)C2. The number of rotatable bonds is 18. The molecule has 4 aliphatic heterocycles. The van der Waals surface area contributed by atoms with Crippen molar-refractivity contribution in [2.45, 2.75) is 131 Å². The number of nitrogens with zero attached hydrogens (tertiary/aromatic N) is 7. The molecular formula is C51H63N11O5S. The van der Waals surface area contributed by atoms with E-state index in [0.29, 0.717) is 36.2 Å². The highest BCUT2D eigenvalue weighted by Gasteiger charge is 2.48. The molecule has 2 aromatic heterocycles. The number of anilines is 2. The topological polar surface area (TPSA) is 209 Å². The number of hydrogen-bond donors (Lipinski definition) is 4. The van der Waals surface area contributed by atoms with Crippen LogP contribution in [0, 0.1) is 11.8 Å². The summed E-state index contributed by atoms with van der Waals surface area (Å²) in [5.74, 6) is 0.951. The van der Waals surface area contributed by atoms with Crippen molar-refractivity contribution < 1.29 is 24.0 Å². The minimum atomic E-state index is -0.669. The average Bonchev–Trinajstić information content (AvgIpc) is 3.67. The first-order chi connectivity index (χ1) is 33.0. The molecule has 1 saturated carbocycles. The fourth-order valence-electron chi connectivity index (χ4n) is 10.7. The summed E-state index contributed by atoms with van der Waals surface area (Å²) < 4.78 is 0. The van der Waals surface area contributed by atoms with E-state index < -0.39 is 11.9 Å². The lowest BCUT2D eigenvalue weighted by molar-refractivity contribution is -0.137. The van der Waals surface area contributed by atoms with Gasteiger partial charge in [0.2, 0.25) is 17.7 Å². The maximum Gasteiger partial charge on any atom is 0.272 e. The summed E-state index contributed by atoms with van der Waals surface area (Å²) in [6.07, 6.45) is 15.7. The summed E-state index contributed by atoms with van der Waals surface area (Å²) in [5, 5.41) is 17.8. The number of carbonyl (C=O) groups is 5. The molecule has 3 saturated heterocycles. The fraction of sp³-hybridized carbons (Fsp3) is 0.510. The third kappa shape index (κ3) is 11.2. The van der Waals surface area contributed by atoms with Gasteiger partial charge in [-0.05, 0) is 131 Å². The molecule has 0 radical (unpaired) electrons. The highest BCUT2D eigenvalue weighted by atomic mass is 32.2. The van der Waals surface area contributed by atoms with Gasteiger partial charge in [0.05, 0.1) is 18.1 Å². The van der Waals surface area contributed by atoms with Crippen molar-refractivity contribution in [2.24, 2.45) is 17.6 Å². The van der Waals surface area contributed by atoms with Crippen molar-refractivity contribution in [1.82, 2.24) is 40.6 Å². The standard InChI is InChI=1S/C51H63N11O5S/c1-51(52)36-13-14-37(51)32-61(31-36)44-28-54-47(29-53-44)68-39-10-8-9-38(26-39)56-45(63)11-6-4-2-3-5-7-22-60-23-20-34(21-24-60)41-16-17-42(59-58-41)48(65)55-27-33-12-15-40-35(25-33)30-62(50(40)67)43-18-19-46(64)57-49(43)66/h8-10,12,15-17,25-26,28-29,34,36-37,43H,2-7,11,13-14,18-24,27,30-32,52H2,1H3,(H,55,65)(H,56,63)(H,57,64,66). The first-order valence-corrected chi connectivity index (χ1v) is 25.3. The zero-order chi connectivity index (χ0) is 47.2. The Morgan fingerprint density at radius 1 is 0.868 bits per heavy atom. The molecule has 2 aromatic carbocycles. The van der Waals surface area contributed by atoms with Gasteiger partial charge in [-0.25, -0.2) is 9.97 Å². The monoisotopic (exact) mass is 941 g/mol. The first-order valence-electron chi connectivity index (χ1n) is 24.5. The molecule has 68 heavy (non-hydrogen) atoms. The number of aromatic nitrogens is 4. The van der Waals surface area contributed by atoms with Crippen LogP contribution in [-0.4, -0.2) is 104 Å². The molecule has 3 unspecified atom stereocenters. The number of fused-ring (bicyclic) bond motifs is 3. The van der Waals surface area contributed by atoms with Gasteiger partial charge in [0.1, 0.15) is 16.9 Å². The van der Waals surface area contributed by atoms with Crippen molar-refractivity contribution in [3.8, 4) is 0 Å². The van der Waals surface area contributed by atoms with Gasteiger partial charge in [0, 0.05) is 66.6 Å². The number of likely N-dealkylation sites (tertiary alicyclic amines) is 1. The lowest BCUT2D eigenvalue weighted by Crippen LogP contribution is -2.57. The molecule has 1 aliphatic carbocycles. The van der Waals surface area contributed by atoms with Crippen LogP contribution in [0.1, 0.15) is 134 Å². The Morgan fingerprint density at radius 3 is 2.38 bits per heavy atom. The van der Waals surface area contributed by atoms with Gasteiger partial charge >= 0.3 is 0 Å². The summed E-state index contributed by atoms with van der Waals surface area (Å²) >= 11 is 1.54. The molecule has 358 valence electrons. The van der Waals surface area contributed by atoms with Crippen molar-refractivity contribution in [3.63, 3.8) is 0 Å². The van der Waals surface area contributed by atoms with Gasteiger partial charge < -0.3 is 31.1 Å². The van der Waals surface area contributed by atoms with Crippen LogP contribution in [0.4, 0.5) is 11.5 Å². The quantitative estimate of drug-likeness (QED) is 0.0646. The maximum atomic E-state index is 13.0. The van der Waals surface area contributed by atoms with E-state index in [1.807, 2.05) is 48.8 Å². The molecule has 6 heterocycles. The molecule has 9 rings (SSSR count). The minimum Gasteiger partial charge on any atom is -0.355 e. The van der Waals surface area contributed by atoms with Crippen molar-refractivity contribution in [2.75, 3.05) is 42.9 Å². The molecule has 0 spiro atoms. The zero-order valence-corrected chi connectivity index (χ0v) is 39.8. The highest BCUT2D eigenvalue weighted by molar-refractivity contribution is 7.99. The van der Waals surface area contributed by atoms with E-state index in [2.05, 4.69) is 42.9 Å². The fourth-order valence-corrected chi connectivity index (χ4v) is 11.5. The molecular weight excluding hydrogens is 879 g/mol. The van der Waals surface area contributed by atoms with Crippen LogP contribution in [0.15, 0.2) is 76.9 Å². The molecule has 5 N–H and O–H groups in total. The number of carbonyl (C=O) groups excluding carboxylic acids is 5. The van der Waals surface area contributed by atoms with Crippen LogP contribution in [0.5, 0.6) is 0 Å². The lowest BCUT2D eigenvalue weighted by atomic mass is 9.79.